The normalized spacial score (nSPS) is 10.3. The van der Waals surface area contributed by atoms with Gasteiger partial charge in [-0.1, -0.05) is 23.7 Å². The van der Waals surface area contributed by atoms with E-state index < -0.39 is 16.5 Å². The van der Waals surface area contributed by atoms with Gasteiger partial charge in [0.15, 0.2) is 11.6 Å². The number of halogens is 2. The number of nitrogens with one attached hydrogen (secondary N) is 1. The van der Waals surface area contributed by atoms with Crippen molar-refractivity contribution in [2.24, 2.45) is 0 Å². The summed E-state index contributed by atoms with van der Waals surface area (Å²) in [6, 6.07) is 8.36. The molecule has 0 aliphatic rings. The van der Waals surface area contributed by atoms with Crippen LogP contribution in [0.2, 0.25) is 5.02 Å². The third-order valence-electron chi connectivity index (χ3n) is 2.70. The van der Waals surface area contributed by atoms with Crippen molar-refractivity contribution in [1.82, 2.24) is 0 Å². The highest BCUT2D eigenvalue weighted by molar-refractivity contribution is 6.32. The zero-order valence-corrected chi connectivity index (χ0v) is 10.9. The molecule has 0 spiro atoms. The van der Waals surface area contributed by atoms with Crippen molar-refractivity contribution in [3.63, 3.8) is 0 Å². The van der Waals surface area contributed by atoms with Gasteiger partial charge in [0.25, 0.3) is 5.69 Å². The van der Waals surface area contributed by atoms with Crippen LogP contribution in [0.1, 0.15) is 5.56 Å². The first kappa shape index (κ1) is 14.1. The number of anilines is 1. The van der Waals surface area contributed by atoms with Crippen molar-refractivity contribution < 1.29 is 14.4 Å². The number of benzene rings is 2. The lowest BCUT2D eigenvalue weighted by atomic mass is 10.2. The first-order valence-electron chi connectivity index (χ1n) is 5.63. The summed E-state index contributed by atoms with van der Waals surface area (Å²) in [5.41, 5.74) is 0.717. The molecule has 2 aromatic carbocycles. The minimum Gasteiger partial charge on any atom is -0.505 e. The molecule has 5 nitrogen and oxygen atoms in total. The summed E-state index contributed by atoms with van der Waals surface area (Å²) in [4.78, 5) is 10.0. The van der Waals surface area contributed by atoms with Crippen LogP contribution in [0, 0.1) is 15.9 Å². The van der Waals surface area contributed by atoms with Crippen LogP contribution in [0.15, 0.2) is 36.4 Å². The molecule has 0 radical (unpaired) electrons. The fraction of sp³-hybridized carbons (Fsp3) is 0.0769. The number of phenols is 1. The molecule has 0 saturated heterocycles. The van der Waals surface area contributed by atoms with Crippen molar-refractivity contribution in [2.45, 2.75) is 6.54 Å². The van der Waals surface area contributed by atoms with Gasteiger partial charge in [0.05, 0.1) is 4.92 Å². The van der Waals surface area contributed by atoms with Crippen LogP contribution in [0.3, 0.4) is 0 Å². The summed E-state index contributed by atoms with van der Waals surface area (Å²) in [7, 11) is 0. The zero-order chi connectivity index (χ0) is 14.7. The lowest BCUT2D eigenvalue weighted by Crippen LogP contribution is -2.01. The highest BCUT2D eigenvalue weighted by atomic mass is 35.5. The minimum absolute atomic E-state index is 0.00321. The number of hydrogen-bond acceptors (Lipinski definition) is 4. The van der Waals surface area contributed by atoms with E-state index in [4.69, 9.17) is 11.6 Å². The van der Waals surface area contributed by atoms with Crippen molar-refractivity contribution in [1.29, 1.82) is 0 Å². The van der Waals surface area contributed by atoms with Crippen molar-refractivity contribution in [2.75, 3.05) is 5.32 Å². The van der Waals surface area contributed by atoms with E-state index in [1.54, 1.807) is 6.07 Å². The van der Waals surface area contributed by atoms with Crippen LogP contribution < -0.4 is 5.32 Å². The lowest BCUT2D eigenvalue weighted by Gasteiger charge is -2.09. The van der Waals surface area contributed by atoms with E-state index >= 15 is 0 Å². The SMILES string of the molecule is O=[N+]([O-])c1ccc(NCc2cccc(F)c2O)cc1Cl. The van der Waals surface area contributed by atoms with Gasteiger partial charge in [0.2, 0.25) is 0 Å². The van der Waals surface area contributed by atoms with E-state index in [1.807, 2.05) is 0 Å². The molecule has 2 rings (SSSR count). The van der Waals surface area contributed by atoms with Crippen LogP contribution in [-0.2, 0) is 6.54 Å². The molecule has 0 aromatic heterocycles. The topological polar surface area (TPSA) is 75.4 Å². The van der Waals surface area contributed by atoms with Gasteiger partial charge < -0.3 is 10.4 Å². The number of rotatable bonds is 4. The van der Waals surface area contributed by atoms with Gasteiger partial charge in [-0.25, -0.2) is 4.39 Å². The second-order valence-corrected chi connectivity index (χ2v) is 4.43. The molecule has 0 atom stereocenters. The molecule has 0 fully saturated rings. The summed E-state index contributed by atoms with van der Waals surface area (Å²) in [5.74, 6) is -1.13. The second kappa shape index (κ2) is 5.75. The molecule has 0 bridgehead atoms. The Hall–Kier alpha value is -2.34. The third kappa shape index (κ3) is 2.97. The Morgan fingerprint density at radius 1 is 1.35 bits per heavy atom. The van der Waals surface area contributed by atoms with Crippen molar-refractivity contribution in [3.8, 4) is 5.75 Å². The molecule has 0 heterocycles. The summed E-state index contributed by atoms with van der Waals surface area (Å²) in [5, 5.41) is 23.0. The van der Waals surface area contributed by atoms with E-state index in [0.717, 1.165) is 6.07 Å². The number of nitro groups is 1. The molecule has 0 saturated carbocycles. The average molecular weight is 297 g/mol. The monoisotopic (exact) mass is 296 g/mol. The summed E-state index contributed by atoms with van der Waals surface area (Å²) in [6.45, 7) is 0.164. The van der Waals surface area contributed by atoms with Crippen LogP contribution in [0.5, 0.6) is 5.75 Å². The Labute approximate surface area is 118 Å². The van der Waals surface area contributed by atoms with Gasteiger partial charge in [-0.05, 0) is 18.2 Å². The second-order valence-electron chi connectivity index (χ2n) is 4.02. The van der Waals surface area contributed by atoms with Crippen LogP contribution in [0.4, 0.5) is 15.8 Å². The van der Waals surface area contributed by atoms with Gasteiger partial charge in [0, 0.05) is 23.9 Å². The van der Waals surface area contributed by atoms with Gasteiger partial charge in [0.1, 0.15) is 5.02 Å². The van der Waals surface area contributed by atoms with E-state index in [0.29, 0.717) is 11.3 Å². The molecule has 0 unspecified atom stereocenters. The number of hydrogen-bond donors (Lipinski definition) is 2. The number of para-hydroxylation sites is 1. The Balaban J connectivity index is 2.13. The van der Waals surface area contributed by atoms with Gasteiger partial charge in [-0.15, -0.1) is 0 Å². The Morgan fingerprint density at radius 3 is 2.75 bits per heavy atom. The smallest absolute Gasteiger partial charge is 0.288 e. The molecule has 2 aromatic rings. The van der Waals surface area contributed by atoms with E-state index in [9.17, 15) is 19.6 Å². The molecular weight excluding hydrogens is 287 g/mol. The quantitative estimate of drug-likeness (QED) is 0.666. The summed E-state index contributed by atoms with van der Waals surface area (Å²) in [6.07, 6.45) is 0. The first-order valence-corrected chi connectivity index (χ1v) is 6.01. The molecule has 104 valence electrons. The van der Waals surface area contributed by atoms with Crippen molar-refractivity contribution >= 4 is 23.0 Å². The van der Waals surface area contributed by atoms with Gasteiger partial charge in [-0.3, -0.25) is 10.1 Å². The fourth-order valence-electron chi connectivity index (χ4n) is 1.66. The van der Waals surface area contributed by atoms with Crippen molar-refractivity contribution in [3.05, 3.63) is 62.9 Å². The molecule has 0 aliphatic carbocycles. The van der Waals surface area contributed by atoms with E-state index in [2.05, 4.69) is 5.32 Å². The Morgan fingerprint density at radius 2 is 2.10 bits per heavy atom. The average Bonchev–Trinajstić information content (AvgIpc) is 2.40. The van der Waals surface area contributed by atoms with E-state index in [-0.39, 0.29) is 17.3 Å². The maximum absolute atomic E-state index is 13.1. The van der Waals surface area contributed by atoms with E-state index in [1.165, 1.54) is 24.3 Å². The number of phenolic OH excluding ortho intramolecular Hbond substituents is 1. The minimum atomic E-state index is -0.703. The molecule has 7 heteroatoms. The lowest BCUT2D eigenvalue weighted by molar-refractivity contribution is -0.384. The Bertz CT molecular complexity index is 664. The predicted octanol–water partition coefficient (Wildman–Crippen LogP) is 3.71. The zero-order valence-electron chi connectivity index (χ0n) is 10.1. The largest absolute Gasteiger partial charge is 0.505 e. The van der Waals surface area contributed by atoms with Gasteiger partial charge in [-0.2, -0.15) is 0 Å². The summed E-state index contributed by atoms with van der Waals surface area (Å²) < 4.78 is 13.1. The Kier molecular flexibility index (Phi) is 4.05. The molecule has 2 N–H and O–H groups in total. The molecule has 20 heavy (non-hydrogen) atoms. The standard InChI is InChI=1S/C13H10ClFN2O3/c14-10-6-9(4-5-12(10)17(19)20)16-7-8-2-1-3-11(15)13(8)18/h1-6,16,18H,7H2. The van der Waals surface area contributed by atoms with Crippen LogP contribution in [0.25, 0.3) is 0 Å². The van der Waals surface area contributed by atoms with Crippen LogP contribution in [-0.4, -0.2) is 10.0 Å². The first-order chi connectivity index (χ1) is 9.49. The maximum atomic E-state index is 13.1. The van der Waals surface area contributed by atoms with Gasteiger partial charge >= 0.3 is 0 Å². The fourth-order valence-corrected chi connectivity index (χ4v) is 1.91. The number of aromatic hydroxyl groups is 1. The molecule has 0 aliphatic heterocycles. The summed E-state index contributed by atoms with van der Waals surface area (Å²) >= 11 is 5.77. The highest BCUT2D eigenvalue weighted by Crippen LogP contribution is 2.28. The predicted molar refractivity (Wildman–Crippen MR) is 73.5 cm³/mol. The highest BCUT2D eigenvalue weighted by Gasteiger charge is 2.12. The number of nitro benzene ring substituents is 1. The maximum Gasteiger partial charge on any atom is 0.288 e. The third-order valence-corrected chi connectivity index (χ3v) is 3.00. The number of nitrogens with zero attached hydrogens (tertiary/aromatic N) is 1. The molecular formula is C13H10ClFN2O3. The van der Waals surface area contributed by atoms with Crippen LogP contribution >= 0.6 is 11.6 Å². The molecule has 0 amide bonds.